The smallest absolute Gasteiger partial charge is 0.277 e. The zero-order valence-electron chi connectivity index (χ0n) is 15.8. The molecule has 0 aliphatic carbocycles. The third-order valence-electron chi connectivity index (χ3n) is 4.86. The number of piperidine rings is 1. The summed E-state index contributed by atoms with van der Waals surface area (Å²) < 4.78 is 29.8. The number of carbonyl (C=O) groups excluding carboxylic acids is 1. The molecular weight excluding hydrogens is 398 g/mol. The lowest BCUT2D eigenvalue weighted by atomic mass is 10.1. The number of thiazole rings is 1. The zero-order valence-corrected chi connectivity index (χ0v) is 16.6. The number of carbonyl (C=O) groups is 1. The zero-order chi connectivity index (χ0) is 20.5. The van der Waals surface area contributed by atoms with Gasteiger partial charge in [-0.2, -0.15) is 5.10 Å². The number of nitrogen functional groups attached to an aromatic ring is 1. The normalized spacial score (nSPS) is 14.2. The number of nitrogens with zero attached hydrogens (tertiary/aromatic N) is 4. The average molecular weight is 418 g/mol. The molecule has 7 nitrogen and oxygen atoms in total. The first-order chi connectivity index (χ1) is 14.0. The Hall–Kier alpha value is -3.01. The van der Waals surface area contributed by atoms with Gasteiger partial charge in [-0.15, -0.1) is 0 Å². The second-order valence-corrected chi connectivity index (χ2v) is 7.87. The van der Waals surface area contributed by atoms with Crippen molar-refractivity contribution >= 4 is 33.8 Å². The molecule has 0 radical (unpaired) electrons. The highest BCUT2D eigenvalue weighted by Gasteiger charge is 2.24. The Morgan fingerprint density at radius 3 is 2.59 bits per heavy atom. The van der Waals surface area contributed by atoms with E-state index in [1.54, 1.807) is 10.9 Å². The van der Waals surface area contributed by atoms with Crippen LogP contribution >= 0.6 is 11.3 Å². The van der Waals surface area contributed by atoms with Gasteiger partial charge >= 0.3 is 0 Å². The molecule has 10 heteroatoms. The quantitative estimate of drug-likeness (QED) is 0.675. The molecule has 1 aromatic carbocycles. The van der Waals surface area contributed by atoms with Gasteiger partial charge in [-0.3, -0.25) is 9.48 Å². The van der Waals surface area contributed by atoms with Gasteiger partial charge in [0.05, 0.1) is 11.8 Å². The van der Waals surface area contributed by atoms with Crippen LogP contribution in [0.15, 0.2) is 24.4 Å². The van der Waals surface area contributed by atoms with Gasteiger partial charge in [0.15, 0.2) is 11.5 Å². The van der Waals surface area contributed by atoms with Gasteiger partial charge in [-0.05, 0) is 31.4 Å². The summed E-state index contributed by atoms with van der Waals surface area (Å²) in [4.78, 5) is 19.1. The molecule has 0 unspecified atom stereocenters. The number of nitrogens with one attached hydrogen (secondary N) is 1. The molecule has 1 aliphatic rings. The molecule has 3 heterocycles. The van der Waals surface area contributed by atoms with Gasteiger partial charge in [0.1, 0.15) is 27.3 Å². The van der Waals surface area contributed by atoms with Crippen LogP contribution in [0.3, 0.4) is 0 Å². The van der Waals surface area contributed by atoms with Crippen LogP contribution in [-0.4, -0.2) is 33.8 Å². The fourth-order valence-corrected chi connectivity index (χ4v) is 4.36. The molecule has 0 atom stereocenters. The van der Waals surface area contributed by atoms with Crippen molar-refractivity contribution in [2.75, 3.05) is 29.0 Å². The van der Waals surface area contributed by atoms with Gasteiger partial charge in [-0.1, -0.05) is 17.4 Å². The van der Waals surface area contributed by atoms with Crippen molar-refractivity contribution in [1.82, 2.24) is 14.8 Å². The van der Waals surface area contributed by atoms with Crippen molar-refractivity contribution in [3.63, 3.8) is 0 Å². The predicted octanol–water partition coefficient (Wildman–Crippen LogP) is 3.65. The Kier molecular flexibility index (Phi) is 5.18. The first-order valence-corrected chi connectivity index (χ1v) is 10.1. The fourth-order valence-electron chi connectivity index (χ4n) is 3.49. The summed E-state index contributed by atoms with van der Waals surface area (Å²) in [5.74, 6) is -1.25. The second-order valence-electron chi connectivity index (χ2n) is 6.84. The van der Waals surface area contributed by atoms with Crippen LogP contribution < -0.4 is 16.0 Å². The molecule has 1 amide bonds. The van der Waals surface area contributed by atoms with E-state index in [2.05, 4.69) is 20.3 Å². The summed E-state index contributed by atoms with van der Waals surface area (Å²) in [5.41, 5.74) is 6.12. The van der Waals surface area contributed by atoms with E-state index in [1.165, 1.54) is 12.5 Å². The van der Waals surface area contributed by atoms with E-state index in [-0.39, 0.29) is 21.3 Å². The number of benzene rings is 1. The monoisotopic (exact) mass is 418 g/mol. The number of aryl methyl sites for hydroxylation is 1. The molecule has 0 saturated carbocycles. The number of hydrogen-bond acceptors (Lipinski definition) is 6. The molecular formula is C19H20F2N6OS. The summed E-state index contributed by atoms with van der Waals surface area (Å²) in [6.07, 6.45) is 4.91. The van der Waals surface area contributed by atoms with E-state index < -0.39 is 17.5 Å². The number of nitrogens with two attached hydrogens (primary N) is 1. The summed E-state index contributed by atoms with van der Waals surface area (Å²) in [5, 5.41) is 7.15. The highest BCUT2D eigenvalue weighted by atomic mass is 32.1. The molecule has 3 N–H and O–H groups in total. The Morgan fingerprint density at radius 2 is 1.90 bits per heavy atom. The molecule has 0 spiro atoms. The predicted molar refractivity (Wildman–Crippen MR) is 109 cm³/mol. The highest BCUT2D eigenvalue weighted by molar-refractivity contribution is 7.19. The van der Waals surface area contributed by atoms with Crippen LogP contribution in [0.4, 0.5) is 25.3 Å². The number of halogens is 2. The Bertz CT molecular complexity index is 1040. The molecule has 152 valence electrons. The van der Waals surface area contributed by atoms with Crippen molar-refractivity contribution in [3.8, 4) is 10.6 Å². The maximum Gasteiger partial charge on any atom is 0.277 e. The van der Waals surface area contributed by atoms with E-state index in [0.717, 1.165) is 55.2 Å². The van der Waals surface area contributed by atoms with Crippen LogP contribution in [0.25, 0.3) is 10.6 Å². The summed E-state index contributed by atoms with van der Waals surface area (Å²) >= 11 is 0.867. The minimum absolute atomic E-state index is 0.0192. The molecule has 1 saturated heterocycles. The Labute approximate surface area is 170 Å². The van der Waals surface area contributed by atoms with Crippen LogP contribution in [0.2, 0.25) is 0 Å². The minimum Gasteiger partial charge on any atom is -0.389 e. The maximum absolute atomic E-state index is 14.1. The molecule has 2 aromatic heterocycles. The van der Waals surface area contributed by atoms with Gasteiger partial charge in [-0.25, -0.2) is 13.8 Å². The first kappa shape index (κ1) is 19.3. The molecule has 29 heavy (non-hydrogen) atoms. The van der Waals surface area contributed by atoms with Crippen molar-refractivity contribution in [2.24, 2.45) is 7.05 Å². The molecule has 1 aliphatic heterocycles. The summed E-state index contributed by atoms with van der Waals surface area (Å²) in [6, 6.07) is 3.54. The standard InChI is InChI=1S/C19H20F2N6OS/c1-26-19(27-8-3-2-4-9-27)13(10-23-26)24-17(28)15-16(22)29-18(25-15)14-11(20)6-5-7-12(14)21/h5-7,10H,2-4,8-9,22H2,1H3,(H,24,28). The van der Waals surface area contributed by atoms with Gasteiger partial charge in [0, 0.05) is 20.1 Å². The second kappa shape index (κ2) is 7.78. The van der Waals surface area contributed by atoms with Gasteiger partial charge < -0.3 is 16.0 Å². The van der Waals surface area contributed by atoms with Crippen LogP contribution in [0.1, 0.15) is 29.8 Å². The molecule has 1 fully saturated rings. The molecule has 0 bridgehead atoms. The number of hydrogen-bond donors (Lipinski definition) is 2. The number of anilines is 3. The molecule has 3 aromatic rings. The Morgan fingerprint density at radius 1 is 1.21 bits per heavy atom. The number of aromatic nitrogens is 3. The van der Waals surface area contributed by atoms with Gasteiger partial charge in [0.2, 0.25) is 0 Å². The third kappa shape index (κ3) is 3.67. The summed E-state index contributed by atoms with van der Waals surface area (Å²) in [7, 11) is 1.82. The van der Waals surface area contributed by atoms with Crippen molar-refractivity contribution < 1.29 is 13.6 Å². The van der Waals surface area contributed by atoms with Crippen molar-refractivity contribution in [1.29, 1.82) is 0 Å². The highest BCUT2D eigenvalue weighted by Crippen LogP contribution is 2.34. The lowest BCUT2D eigenvalue weighted by Crippen LogP contribution is -2.32. The first-order valence-electron chi connectivity index (χ1n) is 9.24. The average Bonchev–Trinajstić information content (AvgIpc) is 3.25. The van der Waals surface area contributed by atoms with E-state index in [9.17, 15) is 13.6 Å². The largest absolute Gasteiger partial charge is 0.389 e. The third-order valence-corrected chi connectivity index (χ3v) is 5.76. The topological polar surface area (TPSA) is 89.1 Å². The fraction of sp³-hybridized carbons (Fsp3) is 0.316. The van der Waals surface area contributed by atoms with E-state index in [1.807, 2.05) is 7.05 Å². The SMILES string of the molecule is Cn1ncc(NC(=O)c2nc(-c3c(F)cccc3F)sc2N)c1N1CCCCC1. The van der Waals surface area contributed by atoms with E-state index in [0.29, 0.717) is 5.69 Å². The van der Waals surface area contributed by atoms with E-state index >= 15 is 0 Å². The molecule has 4 rings (SSSR count). The minimum atomic E-state index is -0.759. The summed E-state index contributed by atoms with van der Waals surface area (Å²) in [6.45, 7) is 1.77. The number of rotatable bonds is 4. The van der Waals surface area contributed by atoms with Crippen LogP contribution in [0.5, 0.6) is 0 Å². The van der Waals surface area contributed by atoms with Crippen molar-refractivity contribution in [3.05, 3.63) is 41.7 Å². The number of amides is 1. The van der Waals surface area contributed by atoms with E-state index in [4.69, 9.17) is 5.73 Å². The van der Waals surface area contributed by atoms with Crippen molar-refractivity contribution in [2.45, 2.75) is 19.3 Å². The van der Waals surface area contributed by atoms with Crippen LogP contribution in [0, 0.1) is 11.6 Å². The lowest BCUT2D eigenvalue weighted by molar-refractivity contribution is 0.102. The maximum atomic E-state index is 14.1. The lowest BCUT2D eigenvalue weighted by Gasteiger charge is -2.29. The Balaban J connectivity index is 1.61. The van der Waals surface area contributed by atoms with Gasteiger partial charge in [0.25, 0.3) is 5.91 Å². The van der Waals surface area contributed by atoms with Crippen LogP contribution in [-0.2, 0) is 7.05 Å².